The number of amides is 2. The van der Waals surface area contributed by atoms with Gasteiger partial charge in [-0.25, -0.2) is 9.59 Å². The van der Waals surface area contributed by atoms with Crippen molar-refractivity contribution in [3.8, 4) is 40.1 Å². The number of Topliss-reactive ketones (excluding diaryl/α,β-unsaturated/α-hetero) is 1. The van der Waals surface area contributed by atoms with Gasteiger partial charge in [-0.05, 0) is 119 Å². The molecule has 5 unspecified atom stereocenters. The zero-order valence-electron chi connectivity index (χ0n) is 64.1. The predicted octanol–water partition coefficient (Wildman–Crippen LogP) is 0.362. The lowest BCUT2D eigenvalue weighted by molar-refractivity contribution is -0.149. The third-order valence-corrected chi connectivity index (χ3v) is 19.8. The van der Waals surface area contributed by atoms with Crippen LogP contribution in [-0.2, 0) is 76.7 Å². The first-order chi connectivity index (χ1) is 56.7. The quantitative estimate of drug-likeness (QED) is 0.0124. The van der Waals surface area contributed by atoms with E-state index in [0.717, 1.165) is 44.6 Å². The van der Waals surface area contributed by atoms with Gasteiger partial charge in [-0.15, -0.1) is 0 Å². The van der Waals surface area contributed by atoms with Crippen LogP contribution in [0, 0.1) is 5.92 Å². The second kappa shape index (κ2) is 66.8. The number of nitrogens with one attached hydrogen (secondary N) is 1. The number of carbonyl (C=O) groups excluding carboxylic acids is 3. The Balaban J connectivity index is -0.000000437. The second-order valence-corrected chi connectivity index (χ2v) is 27.9. The summed E-state index contributed by atoms with van der Waals surface area (Å²) < 4.78 is 2.11. The average molecular weight is 2060 g/mol. The minimum absolute atomic E-state index is 0. The molecule has 1 aliphatic heterocycles. The van der Waals surface area contributed by atoms with Crippen molar-refractivity contribution >= 4 is 190 Å². The molecule has 0 radical (unpaired) electrons. The highest BCUT2D eigenvalue weighted by molar-refractivity contribution is 9.15. The summed E-state index contributed by atoms with van der Waals surface area (Å²) in [7, 11) is 0. The molecule has 5 atom stereocenters. The number of carbonyl (C=O) groups is 17. The first-order valence-electron chi connectivity index (χ1n) is 34.1. The van der Waals surface area contributed by atoms with Crippen LogP contribution in [0.1, 0.15) is 63.2 Å². The third-order valence-electron chi connectivity index (χ3n) is 14.2. The number of hydrogen-bond acceptors (Lipinski definition) is 34. The van der Waals surface area contributed by atoms with Crippen LogP contribution in [0.15, 0.2) is 78.8 Å². The van der Waals surface area contributed by atoms with Crippen molar-refractivity contribution in [2.24, 2.45) is 23.1 Å². The van der Waals surface area contributed by atoms with Crippen LogP contribution in [0.3, 0.4) is 0 Å². The first-order valence-corrected chi connectivity index (χ1v) is 38.6. The normalized spacial score (nSPS) is 12.3. The molecule has 27 N–H and O–H groups in total. The summed E-state index contributed by atoms with van der Waals surface area (Å²) >= 11 is 20.6. The van der Waals surface area contributed by atoms with Crippen molar-refractivity contribution in [3.63, 3.8) is 0 Å². The highest BCUT2D eigenvalue weighted by atomic mass is 79.9. The monoisotopic (exact) mass is 2050 g/mol. The van der Waals surface area contributed by atoms with E-state index in [1.165, 1.54) is 9.80 Å². The molecule has 2 aromatic heterocycles. The summed E-state index contributed by atoms with van der Waals surface area (Å²) in [6.07, 6.45) is 4.18. The number of nitrogens with zero attached hydrogens (tertiary/aromatic N) is 7. The largest absolute Gasteiger partial charge is 0.504 e. The molecule has 54 heteroatoms. The Kier molecular flexibility index (Phi) is 65.6. The van der Waals surface area contributed by atoms with E-state index in [0.29, 0.717) is 36.6 Å². The Morgan fingerprint density at radius 1 is 0.496 bits per heavy atom. The fraction of sp³-hybridized carbons (Fsp3) is 0.435. The van der Waals surface area contributed by atoms with Crippen molar-refractivity contribution in [2.75, 3.05) is 110 Å². The number of ketones is 1. The van der Waals surface area contributed by atoms with Gasteiger partial charge in [0.05, 0.1) is 113 Å². The molecule has 2 aromatic carbocycles. The Bertz CT molecular complexity index is 3820. The topological polar surface area (TPSA) is 827 Å². The standard InChI is InChI=1S/C14H23N3O10.C11H18N2O6S.C10H8N2.C9H15NO3S.C7H6O5.C6H2Br4O2.C6H9NO6.C3H7NO3.C2H5NO2.CH4/c18-10(19)5-15(1-3-16(6-11(20)21)7-12(22)23)2-4-17(8-13(24)25)9-14(26)27;12-6(11(18)19)1-3-9(15)13-7(5-20)8(14)2-4-10(16)17;1-3-7-11-9(5-1)10-6-2-4-8-12-10;1-6(5-14)8(11)10-4-2-3-7(10)9(12)13;8-4-1-3(7(11)12)2-5(9)6(4)10;7-1-2(8)4(10)6(12)5(11)3(1)9;8-4(9)1-7(2-5(10)11)3-6(12)13;4-2(1-5)3(6)7;3-1-2(4)5;/h1-9H2,(H,18,19)(H,20,21)(H,22,23)(H,24,25)(H,26,27);6-7,20H,1-5,12H2,(H,13,15)(H,16,17)(H,18,19);1-8H;6-7,14H,2-5H2,1H3,(H,12,13);1-2,8-10H,(H,11,12);11-12H;1-3H2,(H,8,9)(H,10,11)(H,12,13);2,5H,1,4H2,(H,6,7);1,3H2,(H,4,5);1H4. The number of rotatable bonds is 40. The lowest BCUT2D eigenvalue weighted by atomic mass is 10.1. The number of aliphatic hydroxyl groups excluding tert-OH is 1. The fourth-order valence-electron chi connectivity index (χ4n) is 8.36. The molecule has 48 nitrogen and oxygen atoms in total. The minimum Gasteiger partial charge on any atom is -0.504 e. The molecule has 3 heterocycles. The number of thiol groups is 2. The summed E-state index contributed by atoms with van der Waals surface area (Å²) in [6, 6.07) is 9.51. The van der Waals surface area contributed by atoms with Crippen molar-refractivity contribution in [2.45, 2.75) is 77.0 Å². The zero-order valence-corrected chi connectivity index (χ0v) is 72.2. The molecule has 1 fully saturated rings. The number of aliphatic carboxylic acids is 13. The van der Waals surface area contributed by atoms with E-state index in [1.807, 2.05) is 36.4 Å². The number of benzene rings is 2. The number of aromatic nitrogens is 2. The molecule has 0 bridgehead atoms. The summed E-state index contributed by atoms with van der Waals surface area (Å²) in [4.78, 5) is 194. The molecule has 1 aliphatic rings. The maximum Gasteiger partial charge on any atom is 0.335 e. The van der Waals surface area contributed by atoms with Gasteiger partial charge >= 0.3 is 83.6 Å². The van der Waals surface area contributed by atoms with Crippen LogP contribution in [0.4, 0.5) is 0 Å². The minimum atomic E-state index is -1.29. The molecule has 4 aromatic rings. The SMILES string of the molecule is C.CC(CS)C(=O)N1CCCC1C(=O)O.NC(CCC(=O)NC(CS)C(=O)CCC(=O)O)C(=O)O.NC(CO)C(=O)O.NCC(=O)O.O=C(O)CN(CC(=O)O)CC(=O)O.O=C(O)CN(CCN(CC(=O)O)CC(=O)O)CCN(CC(=O)O)CC(=O)O.O=C(O)c1cc(O)c(O)c(O)c1.Oc1c(O)c(Br)c(Br)c(Br)c1Br.c1ccc(-c2ccccn2)nc1. The number of halogens is 4. The Morgan fingerprint density at radius 3 is 1.14 bits per heavy atom. The van der Waals surface area contributed by atoms with Gasteiger partial charge in [0.1, 0.15) is 18.1 Å². The molecular formula is C69H97Br4N11O37S2. The lowest BCUT2D eigenvalue weighted by Gasteiger charge is -2.27. The highest BCUT2D eigenvalue weighted by Crippen LogP contribution is 2.49. The number of hydrogen-bond donors (Lipinski definition) is 26. The number of phenols is 5. The third kappa shape index (κ3) is 58.0. The maximum atomic E-state index is 11.7. The number of aromatic carboxylic acids is 1. The molecular weight excluding hydrogens is 1960 g/mol. The summed E-state index contributed by atoms with van der Waals surface area (Å²) in [5, 5.41) is 174. The smallest absolute Gasteiger partial charge is 0.335 e. The van der Waals surface area contributed by atoms with Gasteiger partial charge in [0.15, 0.2) is 34.5 Å². The number of aromatic hydroxyl groups is 5. The Labute approximate surface area is 743 Å². The number of likely N-dealkylation sites (tertiary alicyclic amines) is 1. The van der Waals surface area contributed by atoms with E-state index in [2.05, 4.69) is 110 Å². The van der Waals surface area contributed by atoms with Gasteiger partial charge in [-0.2, -0.15) is 25.3 Å². The average Bonchev–Trinajstić information content (AvgIpc) is 0.934. The van der Waals surface area contributed by atoms with Crippen molar-refractivity contribution in [3.05, 3.63) is 84.4 Å². The maximum absolute atomic E-state index is 11.7. The van der Waals surface area contributed by atoms with Gasteiger partial charge in [0.25, 0.3) is 0 Å². The van der Waals surface area contributed by atoms with Crippen LogP contribution in [-0.4, -0.2) is 372 Å². The van der Waals surface area contributed by atoms with E-state index in [9.17, 15) is 91.7 Å². The van der Waals surface area contributed by atoms with Crippen molar-refractivity contribution in [1.29, 1.82) is 0 Å². The van der Waals surface area contributed by atoms with E-state index >= 15 is 0 Å². The van der Waals surface area contributed by atoms with E-state index < -0.39 is 196 Å². The summed E-state index contributed by atoms with van der Waals surface area (Å²) in [5.74, 6) is -19.8. The summed E-state index contributed by atoms with van der Waals surface area (Å²) in [5.41, 5.74) is 16.1. The number of pyridine rings is 2. The number of nitrogens with two attached hydrogens (primary N) is 3. The molecule has 0 spiro atoms. The van der Waals surface area contributed by atoms with Gasteiger partial charge in [-0.1, -0.05) is 26.5 Å². The van der Waals surface area contributed by atoms with Gasteiger partial charge in [0.2, 0.25) is 11.8 Å². The first kappa shape index (κ1) is 121. The lowest BCUT2D eigenvalue weighted by Crippen LogP contribution is -2.45. The van der Waals surface area contributed by atoms with E-state index in [1.54, 1.807) is 19.3 Å². The van der Waals surface area contributed by atoms with E-state index in [-0.39, 0.29) is 100 Å². The van der Waals surface area contributed by atoms with Crippen LogP contribution >= 0.6 is 89.0 Å². The van der Waals surface area contributed by atoms with Crippen molar-refractivity contribution < 1.29 is 184 Å². The Morgan fingerprint density at radius 2 is 0.854 bits per heavy atom. The molecule has 0 saturated carbocycles. The molecule has 5 rings (SSSR count). The number of carboxylic acid groups (broad SMARTS) is 14. The van der Waals surface area contributed by atoms with Crippen LogP contribution in [0.2, 0.25) is 0 Å². The van der Waals surface area contributed by atoms with Crippen LogP contribution < -0.4 is 22.5 Å². The molecule has 690 valence electrons. The zero-order chi connectivity index (χ0) is 95.0. The van der Waals surface area contributed by atoms with Gasteiger partial charge < -0.3 is 130 Å². The number of aliphatic hydroxyl groups is 1. The fourth-order valence-corrected chi connectivity index (χ4v) is 10.9. The number of carboxylic acids is 14. The van der Waals surface area contributed by atoms with Crippen LogP contribution in [0.25, 0.3) is 11.4 Å². The highest BCUT2D eigenvalue weighted by Gasteiger charge is 2.35. The summed E-state index contributed by atoms with van der Waals surface area (Å²) in [6.45, 7) is -2.98. The van der Waals surface area contributed by atoms with Crippen molar-refractivity contribution in [1.82, 2.24) is 39.8 Å². The van der Waals surface area contributed by atoms with Gasteiger partial charge in [-0.3, -0.25) is 101 Å². The van der Waals surface area contributed by atoms with E-state index in [4.69, 9.17) is 103 Å². The predicted molar refractivity (Wildman–Crippen MR) is 447 cm³/mol. The molecule has 1 saturated heterocycles. The van der Waals surface area contributed by atoms with Gasteiger partial charge in [0, 0.05) is 75.4 Å². The number of phenolic OH excluding ortho intramolecular Hbond substituents is 5. The second-order valence-electron chi connectivity index (χ2n) is 24.0. The molecule has 2 amide bonds. The molecule has 0 aliphatic carbocycles. The van der Waals surface area contributed by atoms with Crippen LogP contribution in [0.5, 0.6) is 28.7 Å². The molecule has 123 heavy (non-hydrogen) atoms. The Hall–Kier alpha value is -10.8.